The van der Waals surface area contributed by atoms with Crippen LogP contribution in [-0.4, -0.2) is 0 Å². The summed E-state index contributed by atoms with van der Waals surface area (Å²) in [6, 6.07) is 11.2. The fourth-order valence-electron chi connectivity index (χ4n) is 0.513. The van der Waals surface area contributed by atoms with Crippen LogP contribution >= 0.6 is 0 Å². The van der Waals surface area contributed by atoms with E-state index in [0.29, 0.717) is 5.56 Å². The summed E-state index contributed by atoms with van der Waals surface area (Å²) >= 11 is 0. The van der Waals surface area contributed by atoms with Gasteiger partial charge < -0.3 is 0 Å². The van der Waals surface area contributed by atoms with Crippen LogP contribution in [0.1, 0.15) is 5.56 Å². The molecule has 9 heavy (non-hydrogen) atoms. The number of rotatable bonds is 0. The third-order valence-corrected chi connectivity index (χ3v) is 0.903. The number of nitrogens with zero attached hydrogens (tertiary/aromatic N) is 1. The van der Waals surface area contributed by atoms with Crippen molar-refractivity contribution in [1.29, 1.82) is 5.26 Å². The predicted octanol–water partition coefficient (Wildman–Crippen LogP) is 1.56. The Kier molecular flexibility index (Phi) is 4.08. The molecule has 0 saturated carbocycles. The van der Waals surface area contributed by atoms with E-state index >= 15 is 0 Å². The number of hydrogen-bond donors (Lipinski definition) is 0. The van der Waals surface area contributed by atoms with Crippen LogP contribution in [0.15, 0.2) is 30.3 Å². The standard InChI is InChI=1S/C7H5N.Ag/c8-6-7-4-2-1-3-5-7;/h1-5H;. The van der Waals surface area contributed by atoms with E-state index in [-0.39, 0.29) is 22.4 Å². The number of benzene rings is 1. The maximum atomic E-state index is 8.29. The van der Waals surface area contributed by atoms with Gasteiger partial charge in [-0.25, -0.2) is 0 Å². The van der Waals surface area contributed by atoms with Gasteiger partial charge in [0, 0.05) is 22.4 Å². The fourth-order valence-corrected chi connectivity index (χ4v) is 0.513. The first-order valence-corrected chi connectivity index (χ1v) is 2.38. The van der Waals surface area contributed by atoms with Gasteiger partial charge in [0.05, 0.1) is 11.6 Å². The zero-order valence-electron chi connectivity index (χ0n) is 4.64. The molecule has 0 fully saturated rings. The van der Waals surface area contributed by atoms with Gasteiger partial charge in [-0.1, -0.05) is 18.2 Å². The molecule has 0 aliphatic rings. The number of nitriles is 1. The molecule has 0 saturated heterocycles. The molecule has 0 aromatic heterocycles. The van der Waals surface area contributed by atoms with Gasteiger partial charge in [-0.3, -0.25) is 0 Å². The maximum Gasteiger partial charge on any atom is 0.0991 e. The van der Waals surface area contributed by atoms with E-state index in [2.05, 4.69) is 0 Å². The van der Waals surface area contributed by atoms with Crippen LogP contribution in [0.5, 0.6) is 0 Å². The topological polar surface area (TPSA) is 23.8 Å². The second-order valence-electron chi connectivity index (χ2n) is 1.48. The van der Waals surface area contributed by atoms with Gasteiger partial charge in [-0.15, -0.1) is 0 Å². The predicted molar refractivity (Wildman–Crippen MR) is 31.2 cm³/mol. The van der Waals surface area contributed by atoms with Gasteiger partial charge in [0.15, 0.2) is 0 Å². The summed E-state index contributed by atoms with van der Waals surface area (Å²) in [6.45, 7) is 0. The Hall–Kier alpha value is -0.550. The zero-order chi connectivity index (χ0) is 5.82. The Morgan fingerprint density at radius 2 is 1.67 bits per heavy atom. The summed E-state index contributed by atoms with van der Waals surface area (Å²) in [7, 11) is 0. The Morgan fingerprint density at radius 3 is 2.00 bits per heavy atom. The number of hydrogen-bond acceptors (Lipinski definition) is 1. The summed E-state index contributed by atoms with van der Waals surface area (Å²) in [5.41, 5.74) is 0.715. The van der Waals surface area contributed by atoms with Gasteiger partial charge in [0.1, 0.15) is 0 Å². The molecule has 1 rings (SSSR count). The van der Waals surface area contributed by atoms with Crippen LogP contribution in [0, 0.1) is 11.3 Å². The van der Waals surface area contributed by atoms with Crippen LogP contribution in [0.4, 0.5) is 0 Å². The van der Waals surface area contributed by atoms with Gasteiger partial charge in [0.2, 0.25) is 0 Å². The SMILES string of the molecule is N#Cc1ccccc1.[Ag]. The molecule has 0 atom stereocenters. The van der Waals surface area contributed by atoms with Crippen LogP contribution in [0.3, 0.4) is 0 Å². The minimum Gasteiger partial charge on any atom is -0.192 e. The second kappa shape index (κ2) is 4.34. The summed E-state index contributed by atoms with van der Waals surface area (Å²) < 4.78 is 0. The molecule has 1 radical (unpaired) electrons. The smallest absolute Gasteiger partial charge is 0.0991 e. The van der Waals surface area contributed by atoms with E-state index in [9.17, 15) is 0 Å². The molecule has 0 aliphatic carbocycles. The molecule has 1 aromatic rings. The van der Waals surface area contributed by atoms with Gasteiger partial charge in [-0.2, -0.15) is 5.26 Å². The van der Waals surface area contributed by atoms with Gasteiger partial charge >= 0.3 is 0 Å². The molecule has 0 N–H and O–H groups in total. The van der Waals surface area contributed by atoms with Gasteiger partial charge in [0.25, 0.3) is 0 Å². The van der Waals surface area contributed by atoms with E-state index in [1.54, 1.807) is 12.1 Å². The van der Waals surface area contributed by atoms with Crippen molar-refractivity contribution < 1.29 is 22.4 Å². The minimum atomic E-state index is 0. The van der Waals surface area contributed by atoms with Crippen molar-refractivity contribution in [3.63, 3.8) is 0 Å². The molecule has 0 bridgehead atoms. The molecule has 2 heteroatoms. The Balaban J connectivity index is 0.000000640. The van der Waals surface area contributed by atoms with Crippen molar-refractivity contribution in [1.82, 2.24) is 0 Å². The van der Waals surface area contributed by atoms with Crippen molar-refractivity contribution >= 4 is 0 Å². The van der Waals surface area contributed by atoms with Crippen LogP contribution in [-0.2, 0) is 22.4 Å². The van der Waals surface area contributed by atoms with Crippen molar-refractivity contribution in [2.24, 2.45) is 0 Å². The van der Waals surface area contributed by atoms with E-state index in [1.165, 1.54) is 0 Å². The Labute approximate surface area is 69.8 Å². The normalized spacial score (nSPS) is 7.00. The maximum absolute atomic E-state index is 8.29. The molecule has 0 heterocycles. The largest absolute Gasteiger partial charge is 0.192 e. The van der Waals surface area contributed by atoms with E-state index in [0.717, 1.165) is 0 Å². The first kappa shape index (κ1) is 8.45. The summed E-state index contributed by atoms with van der Waals surface area (Å²) in [5, 5.41) is 8.29. The molecular weight excluding hydrogens is 206 g/mol. The molecule has 0 unspecified atom stereocenters. The molecule has 0 spiro atoms. The average molecular weight is 211 g/mol. The van der Waals surface area contributed by atoms with E-state index in [4.69, 9.17) is 5.26 Å². The third-order valence-electron chi connectivity index (χ3n) is 0.903. The quantitative estimate of drug-likeness (QED) is 0.597. The van der Waals surface area contributed by atoms with Crippen LogP contribution in [0.2, 0.25) is 0 Å². The second-order valence-corrected chi connectivity index (χ2v) is 1.48. The Bertz CT molecular complexity index is 200. The monoisotopic (exact) mass is 210 g/mol. The molecule has 1 nitrogen and oxygen atoms in total. The van der Waals surface area contributed by atoms with Crippen molar-refractivity contribution in [2.75, 3.05) is 0 Å². The van der Waals surface area contributed by atoms with E-state index in [1.807, 2.05) is 24.3 Å². The fraction of sp³-hybridized carbons (Fsp3) is 0. The summed E-state index contributed by atoms with van der Waals surface area (Å²) in [5.74, 6) is 0. The van der Waals surface area contributed by atoms with Crippen molar-refractivity contribution in [3.8, 4) is 6.07 Å². The third kappa shape index (κ3) is 2.48. The van der Waals surface area contributed by atoms with Crippen LogP contribution in [0.25, 0.3) is 0 Å². The Morgan fingerprint density at radius 1 is 1.11 bits per heavy atom. The molecule has 0 amide bonds. The summed E-state index contributed by atoms with van der Waals surface area (Å²) in [4.78, 5) is 0. The zero-order valence-corrected chi connectivity index (χ0v) is 6.12. The van der Waals surface area contributed by atoms with Crippen molar-refractivity contribution in [3.05, 3.63) is 35.9 Å². The molecule has 1 aromatic carbocycles. The molecule has 0 aliphatic heterocycles. The minimum absolute atomic E-state index is 0. The summed E-state index contributed by atoms with van der Waals surface area (Å²) in [6.07, 6.45) is 0. The molecule has 49 valence electrons. The first-order valence-electron chi connectivity index (χ1n) is 2.38. The van der Waals surface area contributed by atoms with E-state index < -0.39 is 0 Å². The average Bonchev–Trinajstić information content (AvgIpc) is 1.90. The first-order chi connectivity index (χ1) is 3.93. The van der Waals surface area contributed by atoms with Gasteiger partial charge in [-0.05, 0) is 12.1 Å². The van der Waals surface area contributed by atoms with Crippen molar-refractivity contribution in [2.45, 2.75) is 0 Å². The van der Waals surface area contributed by atoms with Crippen LogP contribution < -0.4 is 0 Å². The molecular formula is C7H5AgN.